The summed E-state index contributed by atoms with van der Waals surface area (Å²) in [5.74, 6) is 2.31. The summed E-state index contributed by atoms with van der Waals surface area (Å²) in [6, 6.07) is 7.01. The van der Waals surface area contributed by atoms with Gasteiger partial charge in [0.25, 0.3) is 0 Å². The Morgan fingerprint density at radius 2 is 2.33 bits per heavy atom. The highest BCUT2D eigenvalue weighted by molar-refractivity contribution is 5.89. The highest BCUT2D eigenvalue weighted by Gasteiger charge is 1.99. The molecule has 0 spiro atoms. The number of nitrogens with two attached hydrogens (primary N) is 1. The molecule has 0 bridgehead atoms. The molecule has 0 saturated carbocycles. The first kappa shape index (κ1) is 11.1. The summed E-state index contributed by atoms with van der Waals surface area (Å²) in [7, 11) is 0. The van der Waals surface area contributed by atoms with Crippen LogP contribution in [0.5, 0.6) is 0 Å². The predicted molar refractivity (Wildman–Crippen MR) is 60.2 cm³/mol. The third kappa shape index (κ3) is 3.71. The third-order valence-electron chi connectivity index (χ3n) is 1.77. The Bertz CT molecular complexity index is 382. The van der Waals surface area contributed by atoms with Gasteiger partial charge in [0.2, 0.25) is 0 Å². The van der Waals surface area contributed by atoms with Gasteiger partial charge in [0.15, 0.2) is 0 Å². The lowest BCUT2D eigenvalue weighted by atomic mass is 10.2. The molecule has 0 unspecified atom stereocenters. The zero-order chi connectivity index (χ0) is 11.1. The molecule has 0 aromatic heterocycles. The van der Waals surface area contributed by atoms with Crippen LogP contribution in [0.15, 0.2) is 24.3 Å². The van der Waals surface area contributed by atoms with Crippen LogP contribution in [0.2, 0.25) is 0 Å². The van der Waals surface area contributed by atoms with E-state index < -0.39 is 0 Å². The maximum absolute atomic E-state index is 11.2. The molecule has 1 aromatic rings. The lowest BCUT2D eigenvalue weighted by Gasteiger charge is -2.06. The fourth-order valence-electron chi connectivity index (χ4n) is 1.08. The Balaban J connectivity index is 2.57. The van der Waals surface area contributed by atoms with Gasteiger partial charge in [-0.2, -0.15) is 0 Å². The van der Waals surface area contributed by atoms with E-state index in [-0.39, 0.29) is 12.6 Å². The number of urea groups is 1. The molecule has 1 rings (SSSR count). The zero-order valence-corrected chi connectivity index (χ0v) is 8.29. The van der Waals surface area contributed by atoms with Crippen LogP contribution in [-0.4, -0.2) is 12.6 Å². The molecule has 0 aliphatic heterocycles. The predicted octanol–water partition coefficient (Wildman–Crippen LogP) is 0.900. The molecule has 0 fully saturated rings. The molecule has 0 heterocycles. The van der Waals surface area contributed by atoms with Crippen molar-refractivity contribution >= 4 is 11.7 Å². The van der Waals surface area contributed by atoms with Gasteiger partial charge in [-0.3, -0.25) is 0 Å². The summed E-state index contributed by atoms with van der Waals surface area (Å²) >= 11 is 0. The lowest BCUT2D eigenvalue weighted by Crippen LogP contribution is -2.28. The van der Waals surface area contributed by atoms with Crippen molar-refractivity contribution in [2.24, 2.45) is 5.73 Å². The summed E-state index contributed by atoms with van der Waals surface area (Å²) in [5, 5.41) is 5.15. The van der Waals surface area contributed by atoms with Crippen LogP contribution in [0.1, 0.15) is 5.56 Å². The number of hydrogen-bond acceptors (Lipinski definition) is 2. The first-order valence-electron chi connectivity index (χ1n) is 4.53. The molecule has 4 N–H and O–H groups in total. The van der Waals surface area contributed by atoms with E-state index in [9.17, 15) is 4.79 Å². The van der Waals surface area contributed by atoms with Crippen LogP contribution >= 0.6 is 0 Å². The zero-order valence-electron chi connectivity index (χ0n) is 8.29. The van der Waals surface area contributed by atoms with Gasteiger partial charge >= 0.3 is 6.03 Å². The summed E-state index contributed by atoms with van der Waals surface area (Å²) in [5.41, 5.74) is 7.14. The molecule has 0 aliphatic rings. The highest BCUT2D eigenvalue weighted by atomic mass is 16.2. The summed E-state index contributed by atoms with van der Waals surface area (Å²) in [6.45, 7) is 0.657. The van der Waals surface area contributed by atoms with Crippen LogP contribution < -0.4 is 16.4 Å². The van der Waals surface area contributed by atoms with Crippen molar-refractivity contribution in [3.05, 3.63) is 29.8 Å². The van der Waals surface area contributed by atoms with E-state index in [1.54, 1.807) is 6.07 Å². The minimum absolute atomic E-state index is 0.211. The second-order valence-electron chi connectivity index (χ2n) is 2.92. The first-order chi connectivity index (χ1) is 7.26. The van der Waals surface area contributed by atoms with E-state index in [4.69, 9.17) is 12.2 Å². The number of terminal acetylenes is 1. The maximum Gasteiger partial charge on any atom is 0.319 e. The van der Waals surface area contributed by atoms with Gasteiger partial charge in [-0.25, -0.2) is 4.79 Å². The van der Waals surface area contributed by atoms with Crippen molar-refractivity contribution < 1.29 is 4.79 Å². The number of carbonyl (C=O) groups excluding carboxylic acids is 1. The molecule has 0 atom stereocenters. The van der Waals surface area contributed by atoms with E-state index in [1.807, 2.05) is 18.2 Å². The van der Waals surface area contributed by atoms with Gasteiger partial charge in [0.05, 0.1) is 6.54 Å². The highest BCUT2D eigenvalue weighted by Crippen LogP contribution is 2.09. The van der Waals surface area contributed by atoms with E-state index in [2.05, 4.69) is 16.6 Å². The van der Waals surface area contributed by atoms with Crippen LogP contribution in [0.4, 0.5) is 10.5 Å². The smallest absolute Gasteiger partial charge is 0.319 e. The molecular weight excluding hydrogens is 190 g/mol. The van der Waals surface area contributed by atoms with Crippen molar-refractivity contribution in [2.75, 3.05) is 11.9 Å². The van der Waals surface area contributed by atoms with E-state index >= 15 is 0 Å². The van der Waals surface area contributed by atoms with E-state index in [0.717, 1.165) is 5.56 Å². The van der Waals surface area contributed by atoms with E-state index in [0.29, 0.717) is 12.2 Å². The van der Waals surface area contributed by atoms with Crippen LogP contribution in [0.25, 0.3) is 0 Å². The number of hydrogen-bond donors (Lipinski definition) is 3. The Labute approximate surface area is 88.9 Å². The normalized spacial score (nSPS) is 9.07. The molecule has 1 aromatic carbocycles. The average Bonchev–Trinajstić information content (AvgIpc) is 2.26. The number of amides is 2. The van der Waals surface area contributed by atoms with Gasteiger partial charge in [-0.15, -0.1) is 6.42 Å². The number of carbonyl (C=O) groups is 1. The Kier molecular flexibility index (Phi) is 4.20. The maximum atomic E-state index is 11.2. The fourth-order valence-corrected chi connectivity index (χ4v) is 1.08. The molecule has 15 heavy (non-hydrogen) atoms. The summed E-state index contributed by atoms with van der Waals surface area (Å²) in [4.78, 5) is 11.2. The SMILES string of the molecule is C#CCNC(=O)Nc1cccc(CN)c1. The molecule has 4 heteroatoms. The minimum Gasteiger partial charge on any atom is -0.327 e. The largest absolute Gasteiger partial charge is 0.327 e. The number of anilines is 1. The van der Waals surface area contributed by atoms with E-state index in [1.165, 1.54) is 0 Å². The number of nitrogens with one attached hydrogen (secondary N) is 2. The molecule has 0 saturated heterocycles. The minimum atomic E-state index is -0.317. The second-order valence-corrected chi connectivity index (χ2v) is 2.92. The number of rotatable bonds is 3. The van der Waals surface area contributed by atoms with Crippen molar-refractivity contribution in [3.63, 3.8) is 0 Å². The number of benzene rings is 1. The second kappa shape index (κ2) is 5.68. The molecule has 2 amide bonds. The first-order valence-corrected chi connectivity index (χ1v) is 4.53. The quantitative estimate of drug-likeness (QED) is 0.639. The molecule has 4 nitrogen and oxygen atoms in total. The molecular formula is C11H13N3O. The molecule has 0 radical (unpaired) electrons. The summed E-state index contributed by atoms with van der Waals surface area (Å²) < 4.78 is 0. The third-order valence-corrected chi connectivity index (χ3v) is 1.77. The van der Waals surface area contributed by atoms with Crippen molar-refractivity contribution in [2.45, 2.75) is 6.54 Å². The van der Waals surface area contributed by atoms with Crippen LogP contribution in [0.3, 0.4) is 0 Å². The van der Waals surface area contributed by atoms with Gasteiger partial charge in [0.1, 0.15) is 0 Å². The average molecular weight is 203 g/mol. The van der Waals surface area contributed by atoms with Gasteiger partial charge in [0, 0.05) is 12.2 Å². The van der Waals surface area contributed by atoms with Gasteiger partial charge in [-0.05, 0) is 17.7 Å². The van der Waals surface area contributed by atoms with Crippen LogP contribution in [-0.2, 0) is 6.54 Å². The van der Waals surface area contributed by atoms with Gasteiger partial charge < -0.3 is 16.4 Å². The monoisotopic (exact) mass is 203 g/mol. The van der Waals surface area contributed by atoms with Crippen LogP contribution in [0, 0.1) is 12.3 Å². The molecule has 78 valence electrons. The van der Waals surface area contributed by atoms with Crippen molar-refractivity contribution in [3.8, 4) is 12.3 Å². The standard InChI is InChI=1S/C11H13N3O/c1-2-6-13-11(15)14-10-5-3-4-9(7-10)8-12/h1,3-5,7H,6,8,12H2,(H2,13,14,15). The van der Waals surface area contributed by atoms with Gasteiger partial charge in [-0.1, -0.05) is 18.1 Å². The summed E-state index contributed by atoms with van der Waals surface area (Å²) in [6.07, 6.45) is 5.01. The van der Waals surface area contributed by atoms with Crippen molar-refractivity contribution in [1.82, 2.24) is 5.32 Å². The Hall–Kier alpha value is -1.99. The molecule has 0 aliphatic carbocycles. The lowest BCUT2D eigenvalue weighted by molar-refractivity contribution is 0.253. The topological polar surface area (TPSA) is 67.2 Å². The fraction of sp³-hybridized carbons (Fsp3) is 0.182. The Morgan fingerprint density at radius 1 is 1.53 bits per heavy atom. The van der Waals surface area contributed by atoms with Crippen molar-refractivity contribution in [1.29, 1.82) is 0 Å². The Morgan fingerprint density at radius 3 is 3.00 bits per heavy atom.